The molecule has 0 spiro atoms. The minimum Gasteiger partial charge on any atom is -0.466 e. The van der Waals surface area contributed by atoms with Gasteiger partial charge < -0.3 is 45.1 Å². The van der Waals surface area contributed by atoms with E-state index in [9.17, 15) is 35.1 Å². The standard InChI is InChI=1S/C75H135NO10/c1-3-5-7-9-11-13-14-15-16-17-34-37-40-43-47-51-55-59-63-71(80)84-64-60-56-52-48-44-41-38-35-32-30-28-26-24-22-20-18-19-21-23-25-27-29-31-33-36-39-42-46-50-54-58-62-70(79)76-67(68(78)61-57-53-49-45-12-10-8-6-4-2)66-85-75-74(83)73(82)72(81)69(65-77)86-75/h4,6,12,16-17,20,22,26,28,45,57,61,67-69,72-75,77-78,81-83H,3,5,7-11,13-15,18-19,21,23-25,27,29-44,46-56,58-60,62-66H2,1-2H3,(H,76,79)/b6-4+,17-16-,22-20-,28-26-,45-12+,61-57+. The third-order valence-electron chi connectivity index (χ3n) is 16.8. The Balaban J connectivity index is 1.91. The van der Waals surface area contributed by atoms with Gasteiger partial charge in [-0.1, -0.05) is 279 Å². The first-order valence-electron chi connectivity index (χ1n) is 36.2. The lowest BCUT2D eigenvalue weighted by Crippen LogP contribution is -2.60. The largest absolute Gasteiger partial charge is 0.466 e. The quantitative estimate of drug-likeness (QED) is 0.0195. The third-order valence-corrected chi connectivity index (χ3v) is 16.8. The lowest BCUT2D eigenvalue weighted by molar-refractivity contribution is -0.302. The van der Waals surface area contributed by atoms with E-state index in [0.717, 1.165) is 70.6 Å². The van der Waals surface area contributed by atoms with E-state index in [-0.39, 0.29) is 18.5 Å². The van der Waals surface area contributed by atoms with Crippen LogP contribution in [-0.2, 0) is 23.8 Å². The first kappa shape index (κ1) is 81.1. The zero-order chi connectivity index (χ0) is 62.3. The second kappa shape index (κ2) is 63.7. The number of esters is 1. The molecule has 1 amide bonds. The number of hydrogen-bond acceptors (Lipinski definition) is 10. The van der Waals surface area contributed by atoms with Gasteiger partial charge in [0.25, 0.3) is 0 Å². The number of carbonyl (C=O) groups excluding carboxylic acids is 2. The Morgan fingerprint density at radius 1 is 0.453 bits per heavy atom. The molecule has 0 aliphatic carbocycles. The van der Waals surface area contributed by atoms with E-state index < -0.39 is 49.5 Å². The Bertz CT molecular complexity index is 1660. The highest BCUT2D eigenvalue weighted by Gasteiger charge is 2.44. The number of nitrogens with one attached hydrogen (secondary N) is 1. The van der Waals surface area contributed by atoms with Crippen LogP contribution in [-0.4, -0.2) is 100 Å². The van der Waals surface area contributed by atoms with Crippen molar-refractivity contribution in [3.63, 3.8) is 0 Å². The number of rotatable bonds is 63. The van der Waals surface area contributed by atoms with E-state index in [0.29, 0.717) is 19.4 Å². The first-order chi connectivity index (χ1) is 42.2. The molecule has 1 fully saturated rings. The molecule has 1 heterocycles. The molecule has 0 aromatic carbocycles. The number of aliphatic hydroxyl groups is 5. The van der Waals surface area contributed by atoms with Gasteiger partial charge in [0.2, 0.25) is 5.91 Å². The highest BCUT2D eigenvalue weighted by molar-refractivity contribution is 5.76. The molecule has 0 radical (unpaired) electrons. The molecule has 11 nitrogen and oxygen atoms in total. The number of hydrogen-bond donors (Lipinski definition) is 6. The molecule has 7 unspecified atom stereocenters. The smallest absolute Gasteiger partial charge is 0.305 e. The van der Waals surface area contributed by atoms with Gasteiger partial charge in [-0.2, -0.15) is 0 Å². The van der Waals surface area contributed by atoms with Crippen LogP contribution in [0.4, 0.5) is 0 Å². The molecule has 1 aliphatic heterocycles. The maximum Gasteiger partial charge on any atom is 0.305 e. The monoisotopic (exact) mass is 1210 g/mol. The van der Waals surface area contributed by atoms with Crippen molar-refractivity contribution in [2.24, 2.45) is 0 Å². The van der Waals surface area contributed by atoms with Crippen molar-refractivity contribution in [3.8, 4) is 0 Å². The van der Waals surface area contributed by atoms with E-state index in [1.165, 1.54) is 231 Å². The second-order valence-electron chi connectivity index (χ2n) is 24.9. The number of amides is 1. The van der Waals surface area contributed by atoms with Crippen LogP contribution in [0.2, 0.25) is 0 Å². The molecule has 86 heavy (non-hydrogen) atoms. The highest BCUT2D eigenvalue weighted by Crippen LogP contribution is 2.23. The number of allylic oxidation sites excluding steroid dienone is 11. The van der Waals surface area contributed by atoms with Crippen molar-refractivity contribution in [2.75, 3.05) is 19.8 Å². The van der Waals surface area contributed by atoms with Crippen molar-refractivity contribution in [2.45, 2.75) is 371 Å². The molecular weight excluding hydrogens is 1070 g/mol. The van der Waals surface area contributed by atoms with E-state index >= 15 is 0 Å². The highest BCUT2D eigenvalue weighted by atomic mass is 16.7. The molecule has 1 rings (SSSR count). The van der Waals surface area contributed by atoms with Gasteiger partial charge in [-0.15, -0.1) is 0 Å². The Kier molecular flexibility index (Phi) is 60.0. The van der Waals surface area contributed by atoms with E-state index in [2.05, 4.69) is 66.9 Å². The fourth-order valence-corrected chi connectivity index (χ4v) is 11.1. The molecule has 6 N–H and O–H groups in total. The molecule has 0 bridgehead atoms. The lowest BCUT2D eigenvalue weighted by Gasteiger charge is -2.40. The summed E-state index contributed by atoms with van der Waals surface area (Å²) >= 11 is 0. The topological polar surface area (TPSA) is 175 Å². The summed E-state index contributed by atoms with van der Waals surface area (Å²) in [6.45, 7) is 4.10. The fraction of sp³-hybridized carbons (Fsp3) is 0.813. The van der Waals surface area contributed by atoms with Crippen molar-refractivity contribution in [1.29, 1.82) is 0 Å². The maximum absolute atomic E-state index is 13.0. The Morgan fingerprint density at radius 3 is 1.29 bits per heavy atom. The van der Waals surface area contributed by atoms with E-state index in [1.807, 2.05) is 19.1 Å². The van der Waals surface area contributed by atoms with Crippen molar-refractivity contribution < 1.29 is 49.3 Å². The van der Waals surface area contributed by atoms with Crippen molar-refractivity contribution in [1.82, 2.24) is 5.32 Å². The summed E-state index contributed by atoms with van der Waals surface area (Å²) in [4.78, 5) is 25.1. The normalized spacial score (nSPS) is 18.3. The summed E-state index contributed by atoms with van der Waals surface area (Å²) in [6.07, 6.45) is 76.6. The summed E-state index contributed by atoms with van der Waals surface area (Å²) in [7, 11) is 0. The second-order valence-corrected chi connectivity index (χ2v) is 24.9. The Labute approximate surface area is 528 Å². The predicted octanol–water partition coefficient (Wildman–Crippen LogP) is 18.7. The van der Waals surface area contributed by atoms with Crippen LogP contribution in [0.1, 0.15) is 328 Å². The van der Waals surface area contributed by atoms with Crippen molar-refractivity contribution >= 4 is 11.9 Å². The number of carbonyl (C=O) groups is 2. The van der Waals surface area contributed by atoms with Gasteiger partial charge in [-0.05, 0) is 110 Å². The van der Waals surface area contributed by atoms with Crippen LogP contribution in [0.25, 0.3) is 0 Å². The number of ether oxygens (including phenoxy) is 3. The summed E-state index contributed by atoms with van der Waals surface area (Å²) in [6, 6.07) is -0.834. The molecule has 7 atom stereocenters. The van der Waals surface area contributed by atoms with Crippen LogP contribution in [0.15, 0.2) is 72.9 Å². The van der Waals surface area contributed by atoms with Gasteiger partial charge in [-0.25, -0.2) is 0 Å². The minimum absolute atomic E-state index is 0.00157. The van der Waals surface area contributed by atoms with Gasteiger partial charge in [0, 0.05) is 12.8 Å². The zero-order valence-corrected chi connectivity index (χ0v) is 55.5. The minimum atomic E-state index is -1.58. The van der Waals surface area contributed by atoms with Gasteiger partial charge in [0.15, 0.2) is 6.29 Å². The average Bonchev–Trinajstić information content (AvgIpc) is 3.20. The third kappa shape index (κ3) is 51.9. The lowest BCUT2D eigenvalue weighted by atomic mass is 9.99. The van der Waals surface area contributed by atoms with Crippen LogP contribution < -0.4 is 5.32 Å². The molecule has 500 valence electrons. The number of unbranched alkanes of at least 4 members (excludes halogenated alkanes) is 40. The SMILES string of the molecule is C/C=C/CC/C=C/CC/C=C/C(O)C(COC1OC(CO)C(O)C(O)C1O)NC(=O)CCCCCCCCCCCCCCCCC/C=C\C/C=C\CCCCCCCCCCCOC(=O)CCCCCCCCC/C=C\CCCCCCCCC. The molecule has 1 saturated heterocycles. The molecule has 0 aromatic heterocycles. The Hall–Kier alpha value is -2.90. The summed E-state index contributed by atoms with van der Waals surface area (Å²) in [5.41, 5.74) is 0. The van der Waals surface area contributed by atoms with Gasteiger partial charge >= 0.3 is 5.97 Å². The first-order valence-corrected chi connectivity index (χ1v) is 36.2. The summed E-state index contributed by atoms with van der Waals surface area (Å²) < 4.78 is 16.7. The van der Waals surface area contributed by atoms with Crippen LogP contribution in [0.3, 0.4) is 0 Å². The van der Waals surface area contributed by atoms with Gasteiger partial charge in [0.05, 0.1) is 32.0 Å². The number of aliphatic hydroxyl groups excluding tert-OH is 5. The van der Waals surface area contributed by atoms with Gasteiger partial charge in [-0.3, -0.25) is 9.59 Å². The van der Waals surface area contributed by atoms with Crippen LogP contribution >= 0.6 is 0 Å². The Morgan fingerprint density at radius 2 is 0.837 bits per heavy atom. The van der Waals surface area contributed by atoms with Crippen LogP contribution in [0.5, 0.6) is 0 Å². The molecule has 0 saturated carbocycles. The van der Waals surface area contributed by atoms with Crippen molar-refractivity contribution in [3.05, 3.63) is 72.9 Å². The maximum atomic E-state index is 13.0. The molecule has 0 aromatic rings. The molecule has 1 aliphatic rings. The van der Waals surface area contributed by atoms with Crippen LogP contribution in [0, 0.1) is 0 Å². The van der Waals surface area contributed by atoms with E-state index in [4.69, 9.17) is 14.2 Å². The zero-order valence-electron chi connectivity index (χ0n) is 55.5. The fourth-order valence-electron chi connectivity index (χ4n) is 11.1. The summed E-state index contributed by atoms with van der Waals surface area (Å²) in [5, 5.41) is 54.2. The molecule has 11 heteroatoms. The van der Waals surface area contributed by atoms with Gasteiger partial charge in [0.1, 0.15) is 24.4 Å². The summed E-state index contributed by atoms with van der Waals surface area (Å²) in [5.74, 6) is -0.197. The van der Waals surface area contributed by atoms with E-state index in [1.54, 1.807) is 6.08 Å². The molecular formula is C75H135NO10. The predicted molar refractivity (Wildman–Crippen MR) is 361 cm³/mol. The average molecular weight is 1210 g/mol.